The molecule has 2 unspecified atom stereocenters. The lowest BCUT2D eigenvalue weighted by Crippen LogP contribution is -2.51. The zero-order chi connectivity index (χ0) is 25.8. The molecule has 2 aromatic rings. The van der Waals surface area contributed by atoms with Gasteiger partial charge >= 0.3 is 0 Å². The summed E-state index contributed by atoms with van der Waals surface area (Å²) in [6, 6.07) is 12.6. The molecule has 0 aromatic heterocycles. The third kappa shape index (κ3) is 6.44. The lowest BCUT2D eigenvalue weighted by atomic mass is 9.84. The van der Waals surface area contributed by atoms with Gasteiger partial charge in [-0.05, 0) is 42.2 Å². The Kier molecular flexibility index (Phi) is 7.89. The van der Waals surface area contributed by atoms with Gasteiger partial charge in [0.1, 0.15) is 5.82 Å². The maximum atomic E-state index is 14.5. The van der Waals surface area contributed by atoms with Gasteiger partial charge in [0.15, 0.2) is 5.96 Å². The number of hydrogen-bond donors (Lipinski definition) is 3. The molecule has 0 radical (unpaired) electrons. The predicted octanol–water partition coefficient (Wildman–Crippen LogP) is 2.89. The Labute approximate surface area is 204 Å². The zero-order valence-electron chi connectivity index (χ0n) is 20.5. The molecule has 1 heterocycles. The zero-order valence-corrected chi connectivity index (χ0v) is 20.5. The van der Waals surface area contributed by atoms with Crippen molar-refractivity contribution in [2.24, 2.45) is 16.6 Å². The highest BCUT2D eigenvalue weighted by Gasteiger charge is 2.38. The molecule has 0 saturated heterocycles. The molecule has 9 heteroatoms. The maximum absolute atomic E-state index is 14.5. The van der Waals surface area contributed by atoms with Crippen LogP contribution in [0, 0.1) is 11.7 Å². The van der Waals surface area contributed by atoms with Gasteiger partial charge in [-0.3, -0.25) is 19.3 Å². The smallest absolute Gasteiger partial charge is 0.251 e. The molecular formula is C26H32FN5O3. The van der Waals surface area contributed by atoms with Crippen LogP contribution in [0.4, 0.5) is 4.39 Å². The summed E-state index contributed by atoms with van der Waals surface area (Å²) in [5.41, 5.74) is 6.81. The van der Waals surface area contributed by atoms with E-state index in [2.05, 4.69) is 15.6 Å². The van der Waals surface area contributed by atoms with Crippen LogP contribution in [0.3, 0.4) is 0 Å². The van der Waals surface area contributed by atoms with Crippen molar-refractivity contribution in [1.82, 2.24) is 15.5 Å². The van der Waals surface area contributed by atoms with Crippen molar-refractivity contribution in [2.45, 2.75) is 52.2 Å². The molecule has 0 aliphatic carbocycles. The number of halogens is 1. The molecule has 8 nitrogen and oxygen atoms in total. The fraction of sp³-hybridized carbons (Fsp3) is 0.385. The average molecular weight is 482 g/mol. The average Bonchev–Trinajstić information content (AvgIpc) is 2.79. The van der Waals surface area contributed by atoms with Gasteiger partial charge in [0.2, 0.25) is 11.8 Å². The first-order valence-electron chi connectivity index (χ1n) is 11.5. The Balaban J connectivity index is 1.81. The molecule has 2 atom stereocenters. The van der Waals surface area contributed by atoms with E-state index >= 15 is 0 Å². The number of aliphatic imine (C=N–C) groups is 1. The summed E-state index contributed by atoms with van der Waals surface area (Å²) in [4.78, 5) is 43.1. The summed E-state index contributed by atoms with van der Waals surface area (Å²) < 4.78 is 14.5. The lowest BCUT2D eigenvalue weighted by Gasteiger charge is -2.37. The standard InChI is InChI=1S/C26H32FN5O3/c1-16(2)26(4)13-23(34)32(25(28)31-26)15-18-10-20(12-21(27)11-18)24(35)30-22(14-29-17(3)33)19-8-6-5-7-9-19/h5-12,16,22H,13-15H2,1-4H3,(H2,28,31)(H,29,33)(H,30,35). The number of carbonyl (C=O) groups excluding carboxylic acids is 3. The van der Waals surface area contributed by atoms with E-state index in [1.54, 1.807) is 0 Å². The van der Waals surface area contributed by atoms with Crippen molar-refractivity contribution in [3.05, 3.63) is 71.0 Å². The van der Waals surface area contributed by atoms with Gasteiger partial charge < -0.3 is 16.4 Å². The van der Waals surface area contributed by atoms with Crippen LogP contribution < -0.4 is 16.4 Å². The van der Waals surface area contributed by atoms with Gasteiger partial charge in [-0.2, -0.15) is 0 Å². The third-order valence-corrected chi connectivity index (χ3v) is 6.32. The minimum absolute atomic E-state index is 0.00557. The second kappa shape index (κ2) is 10.7. The van der Waals surface area contributed by atoms with E-state index in [0.29, 0.717) is 5.56 Å². The van der Waals surface area contributed by atoms with Crippen LogP contribution in [0.25, 0.3) is 0 Å². The van der Waals surface area contributed by atoms with Crippen molar-refractivity contribution >= 4 is 23.7 Å². The van der Waals surface area contributed by atoms with Crippen LogP contribution in [0.1, 0.15) is 61.6 Å². The maximum Gasteiger partial charge on any atom is 0.251 e. The van der Waals surface area contributed by atoms with E-state index in [9.17, 15) is 18.8 Å². The van der Waals surface area contributed by atoms with Crippen LogP contribution >= 0.6 is 0 Å². The Morgan fingerprint density at radius 3 is 2.49 bits per heavy atom. The fourth-order valence-electron chi connectivity index (χ4n) is 3.87. The van der Waals surface area contributed by atoms with Crippen LogP contribution in [-0.4, -0.2) is 40.7 Å². The van der Waals surface area contributed by atoms with Gasteiger partial charge in [-0.1, -0.05) is 44.2 Å². The highest BCUT2D eigenvalue weighted by molar-refractivity contribution is 5.99. The van der Waals surface area contributed by atoms with Crippen molar-refractivity contribution < 1.29 is 18.8 Å². The topological polar surface area (TPSA) is 117 Å². The molecule has 4 N–H and O–H groups in total. The Bertz CT molecular complexity index is 1140. The van der Waals surface area contributed by atoms with Crippen LogP contribution in [-0.2, 0) is 16.1 Å². The number of benzene rings is 2. The molecule has 186 valence electrons. The molecule has 2 aromatic carbocycles. The molecule has 3 rings (SSSR count). The second-order valence-electron chi connectivity index (χ2n) is 9.36. The van der Waals surface area contributed by atoms with E-state index in [4.69, 9.17) is 5.73 Å². The summed E-state index contributed by atoms with van der Waals surface area (Å²) in [6.07, 6.45) is 0.190. The van der Waals surface area contributed by atoms with E-state index in [1.165, 1.54) is 24.0 Å². The molecule has 0 bridgehead atoms. The highest BCUT2D eigenvalue weighted by Crippen LogP contribution is 2.30. The first kappa shape index (κ1) is 25.9. The SMILES string of the molecule is CC(=O)NCC(NC(=O)c1cc(F)cc(CN2C(=O)CC(C)(C(C)C)N=C2N)c1)c1ccccc1. The molecule has 0 spiro atoms. The summed E-state index contributed by atoms with van der Waals surface area (Å²) in [6.45, 7) is 7.40. The van der Waals surface area contributed by atoms with Gasteiger partial charge in [0.05, 0.1) is 24.5 Å². The molecule has 1 aliphatic heterocycles. The van der Waals surface area contributed by atoms with Gasteiger partial charge in [0.25, 0.3) is 5.91 Å². The lowest BCUT2D eigenvalue weighted by molar-refractivity contribution is -0.130. The molecule has 3 amide bonds. The van der Waals surface area contributed by atoms with Gasteiger partial charge in [-0.15, -0.1) is 0 Å². The van der Waals surface area contributed by atoms with Crippen LogP contribution in [0.15, 0.2) is 53.5 Å². The van der Waals surface area contributed by atoms with Gasteiger partial charge in [0, 0.05) is 19.0 Å². The molecule has 0 saturated carbocycles. The van der Waals surface area contributed by atoms with Crippen LogP contribution in [0.2, 0.25) is 0 Å². The van der Waals surface area contributed by atoms with Crippen LogP contribution in [0.5, 0.6) is 0 Å². The first-order chi connectivity index (χ1) is 16.5. The Morgan fingerprint density at radius 1 is 1.20 bits per heavy atom. The predicted molar refractivity (Wildman–Crippen MR) is 132 cm³/mol. The Morgan fingerprint density at radius 2 is 1.89 bits per heavy atom. The van der Waals surface area contributed by atoms with E-state index in [0.717, 1.165) is 11.6 Å². The second-order valence-corrected chi connectivity index (χ2v) is 9.36. The van der Waals surface area contributed by atoms with E-state index < -0.39 is 23.3 Å². The quantitative estimate of drug-likeness (QED) is 0.537. The largest absolute Gasteiger partial charge is 0.369 e. The molecular weight excluding hydrogens is 449 g/mol. The van der Waals surface area contributed by atoms with Crippen molar-refractivity contribution in [3.8, 4) is 0 Å². The summed E-state index contributed by atoms with van der Waals surface area (Å²) in [5.74, 6) is -1.36. The monoisotopic (exact) mass is 481 g/mol. The number of amides is 3. The highest BCUT2D eigenvalue weighted by atomic mass is 19.1. The Hall–Kier alpha value is -3.75. The van der Waals surface area contributed by atoms with E-state index in [1.807, 2.05) is 51.1 Å². The first-order valence-corrected chi connectivity index (χ1v) is 11.5. The normalized spacial score (nSPS) is 18.7. The number of hydrogen-bond acceptors (Lipinski definition) is 5. The number of rotatable bonds is 8. The van der Waals surface area contributed by atoms with Crippen molar-refractivity contribution in [1.29, 1.82) is 0 Å². The minimum Gasteiger partial charge on any atom is -0.369 e. The molecule has 1 aliphatic rings. The summed E-state index contributed by atoms with van der Waals surface area (Å²) in [5, 5.41) is 5.56. The number of carbonyl (C=O) groups is 3. The third-order valence-electron chi connectivity index (χ3n) is 6.32. The van der Waals surface area contributed by atoms with E-state index in [-0.39, 0.29) is 48.8 Å². The molecule has 0 fully saturated rings. The number of nitrogens with zero attached hydrogens (tertiary/aromatic N) is 2. The number of guanidine groups is 1. The number of nitrogens with two attached hydrogens (primary N) is 1. The van der Waals surface area contributed by atoms with Crippen molar-refractivity contribution in [3.63, 3.8) is 0 Å². The van der Waals surface area contributed by atoms with Gasteiger partial charge in [-0.25, -0.2) is 9.38 Å². The summed E-state index contributed by atoms with van der Waals surface area (Å²) >= 11 is 0. The number of nitrogens with one attached hydrogen (secondary N) is 2. The van der Waals surface area contributed by atoms with Crippen molar-refractivity contribution in [2.75, 3.05) is 6.54 Å². The fourth-order valence-corrected chi connectivity index (χ4v) is 3.87. The molecule has 35 heavy (non-hydrogen) atoms. The minimum atomic E-state index is -0.613. The summed E-state index contributed by atoms with van der Waals surface area (Å²) in [7, 11) is 0.